The van der Waals surface area contributed by atoms with E-state index in [4.69, 9.17) is 9.57 Å². The summed E-state index contributed by atoms with van der Waals surface area (Å²) >= 11 is 0. The van der Waals surface area contributed by atoms with Crippen LogP contribution in [0, 0.1) is 11.3 Å². The second kappa shape index (κ2) is 13.7. The predicted molar refractivity (Wildman–Crippen MR) is 196 cm³/mol. The molecule has 5 atom stereocenters. The van der Waals surface area contributed by atoms with Crippen LogP contribution in [0.3, 0.4) is 0 Å². The number of fused-ring (bicyclic) bond motifs is 6. The lowest BCUT2D eigenvalue weighted by Gasteiger charge is -2.35. The fourth-order valence-corrected chi connectivity index (χ4v) is 8.53. The smallest absolute Gasteiger partial charge is 0.315 e. The molecule has 4 N–H and O–H groups in total. The molecule has 1 saturated heterocycles. The highest BCUT2D eigenvalue weighted by Crippen LogP contribution is 2.46. The molecule has 5 aliphatic rings. The summed E-state index contributed by atoms with van der Waals surface area (Å²) in [6.07, 6.45) is 5.34. The quantitative estimate of drug-likeness (QED) is 0.278. The number of carbonyl (C=O) groups is 4. The van der Waals surface area contributed by atoms with E-state index in [1.165, 1.54) is 11.0 Å². The fraction of sp³-hybridized carbons (Fsp3) is 0.447. The Morgan fingerprint density at radius 1 is 1.06 bits per heavy atom. The highest BCUT2D eigenvalue weighted by molar-refractivity contribution is 7.91. The lowest BCUT2D eigenvalue weighted by atomic mass is 9.85. The van der Waals surface area contributed by atoms with Gasteiger partial charge in [-0.05, 0) is 60.1 Å². The molecule has 14 nitrogen and oxygen atoms in total. The first kappa shape index (κ1) is 36.2. The van der Waals surface area contributed by atoms with Crippen LogP contribution in [0.15, 0.2) is 72.4 Å². The van der Waals surface area contributed by atoms with Crippen LogP contribution in [-0.4, -0.2) is 91.5 Å². The van der Waals surface area contributed by atoms with E-state index in [9.17, 15) is 27.6 Å². The Morgan fingerprint density at radius 3 is 2.49 bits per heavy atom. The molecule has 280 valence electrons. The second-order valence-corrected chi connectivity index (χ2v) is 17.2. The molecule has 2 aliphatic heterocycles. The Bertz CT molecular complexity index is 2040. The highest BCUT2D eigenvalue weighted by atomic mass is 32.2. The minimum Gasteiger partial charge on any atom is -0.490 e. The highest BCUT2D eigenvalue weighted by Gasteiger charge is 2.62. The van der Waals surface area contributed by atoms with Crippen LogP contribution in [-0.2, 0) is 29.2 Å². The van der Waals surface area contributed by atoms with E-state index >= 15 is 0 Å². The van der Waals surface area contributed by atoms with Crippen LogP contribution in [0.4, 0.5) is 4.79 Å². The topological polar surface area (TPSA) is 185 Å². The van der Waals surface area contributed by atoms with E-state index in [0.29, 0.717) is 24.3 Å². The Kier molecular flexibility index (Phi) is 9.33. The summed E-state index contributed by atoms with van der Waals surface area (Å²) in [6, 6.07) is 10.7. The number of nitrogens with one attached hydrogen (secondary N) is 4. The van der Waals surface area contributed by atoms with Crippen molar-refractivity contribution in [2.24, 2.45) is 16.5 Å². The molecule has 0 spiro atoms. The first-order chi connectivity index (χ1) is 25.2. The largest absolute Gasteiger partial charge is 0.490 e. The van der Waals surface area contributed by atoms with Crippen molar-refractivity contribution in [1.82, 2.24) is 25.6 Å². The van der Waals surface area contributed by atoms with Gasteiger partial charge in [-0.2, -0.15) is 0 Å². The van der Waals surface area contributed by atoms with E-state index in [0.717, 1.165) is 22.3 Å². The first-order valence-electron chi connectivity index (χ1n) is 17.8. The van der Waals surface area contributed by atoms with Crippen molar-refractivity contribution < 1.29 is 37.2 Å². The van der Waals surface area contributed by atoms with Crippen molar-refractivity contribution in [1.29, 1.82) is 0 Å². The standard InChI is InChI=1S/C38H44N6O8S/c1-5-22-20-38(22,35(47)43-53(49,50)25-13-14-25)41-33(45)30-19-24-21-44(30)34(46)32(37(2,3)4)40-36(48)39-16-8-9-17-51-23-12-15-27-26-10-6-7-11-28(26)31(42-52-24)29(27)18-23/h5-12,15,18,22,24-25,30,32H,1,13-14,16-17,19-21H2,2-4H3,(H,41,45)(H,43,47)(H2,39,40,48)/b9-8+,42-31-/t22-,24?,30?,32-,38?/m1/s1. The lowest BCUT2D eigenvalue weighted by Crippen LogP contribution is -2.61. The number of carbonyl (C=O) groups excluding carboxylic acids is 4. The van der Waals surface area contributed by atoms with Crippen molar-refractivity contribution in [3.63, 3.8) is 0 Å². The third-order valence-electron chi connectivity index (χ3n) is 10.4. The number of benzene rings is 2. The van der Waals surface area contributed by atoms with Crippen LogP contribution in [0.25, 0.3) is 11.1 Å². The maximum atomic E-state index is 14.5. The van der Waals surface area contributed by atoms with Crippen LogP contribution in [0.5, 0.6) is 5.75 Å². The van der Waals surface area contributed by atoms with Crippen molar-refractivity contribution in [3.8, 4) is 16.9 Å². The molecular formula is C38H44N6O8S. The zero-order chi connectivity index (χ0) is 37.7. The molecule has 2 heterocycles. The zero-order valence-corrected chi connectivity index (χ0v) is 30.7. The van der Waals surface area contributed by atoms with E-state index in [1.54, 1.807) is 32.9 Å². The average Bonchev–Trinajstić information content (AvgIpc) is 4.03. The summed E-state index contributed by atoms with van der Waals surface area (Å²) in [6.45, 7) is 9.56. The average molecular weight is 745 g/mol. The van der Waals surface area contributed by atoms with Crippen LogP contribution >= 0.6 is 0 Å². The summed E-state index contributed by atoms with van der Waals surface area (Å²) in [5.74, 6) is -1.94. The molecule has 3 fully saturated rings. The van der Waals surface area contributed by atoms with E-state index in [-0.39, 0.29) is 32.5 Å². The number of ether oxygens (including phenoxy) is 1. The van der Waals surface area contributed by atoms with Gasteiger partial charge in [-0.1, -0.05) is 62.3 Å². The fourth-order valence-electron chi connectivity index (χ4n) is 7.17. The summed E-state index contributed by atoms with van der Waals surface area (Å²) in [7, 11) is -3.90. The molecule has 15 heteroatoms. The zero-order valence-electron chi connectivity index (χ0n) is 29.9. The summed E-state index contributed by atoms with van der Waals surface area (Å²) in [4.78, 5) is 62.8. The first-order valence-corrected chi connectivity index (χ1v) is 19.4. The summed E-state index contributed by atoms with van der Waals surface area (Å²) in [5, 5.41) is 12.3. The molecule has 4 bridgehead atoms. The molecule has 0 aromatic heterocycles. The van der Waals surface area contributed by atoms with Gasteiger partial charge in [0.25, 0.3) is 5.91 Å². The van der Waals surface area contributed by atoms with Crippen molar-refractivity contribution in [2.75, 3.05) is 19.7 Å². The number of oxime groups is 1. The van der Waals surface area contributed by atoms with E-state index < -0.39 is 74.1 Å². The number of amides is 5. The van der Waals surface area contributed by atoms with Crippen molar-refractivity contribution in [2.45, 2.75) is 75.4 Å². The molecule has 7 rings (SSSR count). The van der Waals surface area contributed by atoms with Gasteiger partial charge in [0, 0.05) is 30.0 Å². The number of hydrogen-bond acceptors (Lipinski definition) is 9. The monoisotopic (exact) mass is 744 g/mol. The molecule has 0 radical (unpaired) electrons. The third kappa shape index (κ3) is 7.13. The maximum Gasteiger partial charge on any atom is 0.315 e. The predicted octanol–water partition coefficient (Wildman–Crippen LogP) is 2.74. The SMILES string of the molecule is C=C[C@@H]1CC1(NC(=O)C1CC2CN1C(=O)[C@H](C(C)(C)C)NC(=O)NC/C=C/COc1ccc3c(c1)/C(=N\O2)c1ccccc1-3)C(=O)NS(=O)(=O)C1CC1. The Labute approximate surface area is 308 Å². The molecule has 2 aromatic rings. The van der Waals surface area contributed by atoms with E-state index in [1.807, 2.05) is 42.5 Å². The van der Waals surface area contributed by atoms with Gasteiger partial charge in [0.05, 0.1) is 11.8 Å². The minimum absolute atomic E-state index is 0.0106. The normalized spacial score (nSPS) is 28.5. The van der Waals surface area contributed by atoms with Gasteiger partial charge in [0.15, 0.2) is 0 Å². The molecule has 3 unspecified atom stereocenters. The van der Waals surface area contributed by atoms with Gasteiger partial charge in [-0.25, -0.2) is 13.2 Å². The van der Waals surface area contributed by atoms with Gasteiger partial charge in [0.1, 0.15) is 41.8 Å². The van der Waals surface area contributed by atoms with Crippen molar-refractivity contribution >= 4 is 39.5 Å². The van der Waals surface area contributed by atoms with E-state index in [2.05, 4.69) is 32.4 Å². The Hall–Kier alpha value is -5.18. The molecular weight excluding hydrogens is 701 g/mol. The molecule has 53 heavy (non-hydrogen) atoms. The Balaban J connectivity index is 1.22. The molecule has 2 saturated carbocycles. The van der Waals surface area contributed by atoms with Crippen LogP contribution in [0.1, 0.15) is 57.6 Å². The van der Waals surface area contributed by atoms with Crippen LogP contribution < -0.4 is 25.4 Å². The minimum atomic E-state index is -3.90. The molecule has 5 amide bonds. The second-order valence-electron chi connectivity index (χ2n) is 15.3. The molecule has 2 aromatic carbocycles. The van der Waals surface area contributed by atoms with Gasteiger partial charge in [0.2, 0.25) is 21.8 Å². The number of urea groups is 1. The third-order valence-corrected chi connectivity index (χ3v) is 12.2. The van der Waals surface area contributed by atoms with Crippen LogP contribution in [0.2, 0.25) is 0 Å². The van der Waals surface area contributed by atoms with Gasteiger partial charge in [-0.15, -0.1) is 6.58 Å². The number of sulfonamides is 1. The Morgan fingerprint density at radius 2 is 1.79 bits per heavy atom. The van der Waals surface area contributed by atoms with Crippen molar-refractivity contribution in [3.05, 3.63) is 78.4 Å². The number of hydrogen-bond donors (Lipinski definition) is 4. The number of nitrogens with zero attached hydrogens (tertiary/aromatic N) is 2. The van der Waals surface area contributed by atoms with Gasteiger partial charge < -0.3 is 30.4 Å². The maximum absolute atomic E-state index is 14.5. The van der Waals surface area contributed by atoms with Gasteiger partial charge >= 0.3 is 6.03 Å². The summed E-state index contributed by atoms with van der Waals surface area (Å²) in [5.41, 5.74) is 1.82. The molecule has 3 aliphatic carbocycles. The summed E-state index contributed by atoms with van der Waals surface area (Å²) < 4.78 is 33.5. The number of rotatable bonds is 6. The lowest BCUT2D eigenvalue weighted by molar-refractivity contribution is -0.142. The van der Waals surface area contributed by atoms with Gasteiger partial charge in [-0.3, -0.25) is 19.1 Å².